The first-order valence-corrected chi connectivity index (χ1v) is 10.5. The lowest BCUT2D eigenvalue weighted by molar-refractivity contribution is 0.103. The first-order valence-electron chi connectivity index (χ1n) is 10.5. The van der Waals surface area contributed by atoms with Gasteiger partial charge in [-0.05, 0) is 54.8 Å². The largest absolute Gasteiger partial charge is 0.513 e. The maximum atomic E-state index is 11.9. The number of hydrogen-bond donors (Lipinski definition) is 0. The SMILES string of the molecule is CCOC(=O)Oc1ccc(C(C)c2ccc(OC(=O)OCC)c(-c3ccccc3)c2)cc1. The van der Waals surface area contributed by atoms with Crippen molar-refractivity contribution in [2.24, 2.45) is 0 Å². The highest BCUT2D eigenvalue weighted by molar-refractivity contribution is 5.75. The Kier molecular flexibility index (Phi) is 7.86. The molecule has 0 amide bonds. The molecule has 0 aliphatic heterocycles. The van der Waals surface area contributed by atoms with Gasteiger partial charge in [-0.15, -0.1) is 0 Å². The molecule has 0 aliphatic rings. The van der Waals surface area contributed by atoms with Gasteiger partial charge in [-0.2, -0.15) is 0 Å². The molecule has 3 rings (SSSR count). The highest BCUT2D eigenvalue weighted by Gasteiger charge is 2.16. The molecule has 1 unspecified atom stereocenters. The monoisotopic (exact) mass is 434 g/mol. The summed E-state index contributed by atoms with van der Waals surface area (Å²) in [6, 6.07) is 22.7. The van der Waals surface area contributed by atoms with E-state index in [1.807, 2.05) is 54.6 Å². The molecule has 0 bridgehead atoms. The molecule has 6 nitrogen and oxygen atoms in total. The first-order chi connectivity index (χ1) is 15.5. The van der Waals surface area contributed by atoms with E-state index < -0.39 is 12.3 Å². The van der Waals surface area contributed by atoms with Gasteiger partial charge in [-0.3, -0.25) is 0 Å². The molecule has 6 heteroatoms. The van der Waals surface area contributed by atoms with Gasteiger partial charge in [0.15, 0.2) is 0 Å². The maximum absolute atomic E-state index is 11.9. The predicted molar refractivity (Wildman–Crippen MR) is 121 cm³/mol. The minimum Gasteiger partial charge on any atom is -0.434 e. The third-order valence-corrected chi connectivity index (χ3v) is 4.89. The van der Waals surface area contributed by atoms with Crippen molar-refractivity contribution in [3.8, 4) is 22.6 Å². The second-order valence-electron chi connectivity index (χ2n) is 6.98. The van der Waals surface area contributed by atoms with Crippen LogP contribution in [0.15, 0.2) is 72.8 Å². The summed E-state index contributed by atoms with van der Waals surface area (Å²) in [7, 11) is 0. The summed E-state index contributed by atoms with van der Waals surface area (Å²) >= 11 is 0. The Balaban J connectivity index is 1.87. The van der Waals surface area contributed by atoms with Crippen LogP contribution in [0.5, 0.6) is 11.5 Å². The minimum atomic E-state index is -0.734. The zero-order valence-electron chi connectivity index (χ0n) is 18.4. The second kappa shape index (κ2) is 11.0. The summed E-state index contributed by atoms with van der Waals surface area (Å²) in [6.07, 6.45) is -1.46. The fourth-order valence-electron chi connectivity index (χ4n) is 3.25. The van der Waals surface area contributed by atoms with Crippen LogP contribution in [0.3, 0.4) is 0 Å². The molecule has 1 atom stereocenters. The number of benzene rings is 3. The van der Waals surface area contributed by atoms with Gasteiger partial charge >= 0.3 is 12.3 Å². The molecular weight excluding hydrogens is 408 g/mol. The van der Waals surface area contributed by atoms with Crippen LogP contribution in [-0.2, 0) is 9.47 Å². The van der Waals surface area contributed by atoms with Gasteiger partial charge < -0.3 is 18.9 Å². The summed E-state index contributed by atoms with van der Waals surface area (Å²) in [6.45, 7) is 6.03. The van der Waals surface area contributed by atoms with Crippen molar-refractivity contribution in [1.82, 2.24) is 0 Å². The highest BCUT2D eigenvalue weighted by Crippen LogP contribution is 2.35. The number of carbonyl (C=O) groups is 2. The van der Waals surface area contributed by atoms with Crippen LogP contribution in [0.4, 0.5) is 9.59 Å². The van der Waals surface area contributed by atoms with Crippen LogP contribution in [-0.4, -0.2) is 25.5 Å². The van der Waals surface area contributed by atoms with E-state index in [1.54, 1.807) is 32.0 Å². The molecular formula is C26H26O6. The van der Waals surface area contributed by atoms with E-state index >= 15 is 0 Å². The summed E-state index contributed by atoms with van der Waals surface area (Å²) in [5.41, 5.74) is 3.81. The standard InChI is InChI=1S/C26H26O6/c1-4-29-25(27)31-22-14-11-19(12-15-22)18(3)21-13-16-24(32-26(28)30-5-2)23(17-21)20-9-7-6-8-10-20/h6-18H,4-5H2,1-3H3. The first kappa shape index (κ1) is 22.9. The number of carbonyl (C=O) groups excluding carboxylic acids is 2. The van der Waals surface area contributed by atoms with Gasteiger partial charge in [0.25, 0.3) is 0 Å². The lowest BCUT2D eigenvalue weighted by atomic mass is 9.90. The Morgan fingerprint density at radius 1 is 0.750 bits per heavy atom. The summed E-state index contributed by atoms with van der Waals surface area (Å²) in [4.78, 5) is 23.4. The van der Waals surface area contributed by atoms with Gasteiger partial charge in [0.05, 0.1) is 13.2 Å². The molecule has 32 heavy (non-hydrogen) atoms. The molecule has 0 saturated carbocycles. The summed E-state index contributed by atoms with van der Waals surface area (Å²) in [5, 5.41) is 0. The fourth-order valence-corrected chi connectivity index (χ4v) is 3.25. The number of ether oxygens (including phenoxy) is 4. The van der Waals surface area contributed by atoms with Crippen molar-refractivity contribution in [1.29, 1.82) is 0 Å². The minimum absolute atomic E-state index is 0.0470. The maximum Gasteiger partial charge on any atom is 0.513 e. The summed E-state index contributed by atoms with van der Waals surface area (Å²) < 4.78 is 20.3. The van der Waals surface area contributed by atoms with E-state index in [4.69, 9.17) is 18.9 Å². The fraction of sp³-hybridized carbons (Fsp3) is 0.231. The second-order valence-corrected chi connectivity index (χ2v) is 6.98. The smallest absolute Gasteiger partial charge is 0.434 e. The Morgan fingerprint density at radius 2 is 1.34 bits per heavy atom. The topological polar surface area (TPSA) is 71.1 Å². The van der Waals surface area contributed by atoms with Crippen LogP contribution in [0.1, 0.15) is 37.8 Å². The van der Waals surface area contributed by atoms with Gasteiger partial charge in [0.1, 0.15) is 11.5 Å². The van der Waals surface area contributed by atoms with Crippen LogP contribution >= 0.6 is 0 Å². The zero-order valence-corrected chi connectivity index (χ0v) is 18.4. The molecule has 0 fully saturated rings. The molecule has 0 aromatic heterocycles. The third-order valence-electron chi connectivity index (χ3n) is 4.89. The lowest BCUT2D eigenvalue weighted by Crippen LogP contribution is -2.11. The van der Waals surface area contributed by atoms with Crippen molar-refractivity contribution < 1.29 is 28.5 Å². The molecule has 166 valence electrons. The molecule has 0 saturated heterocycles. The molecule has 0 spiro atoms. The predicted octanol–water partition coefficient (Wildman–Crippen LogP) is 6.58. The van der Waals surface area contributed by atoms with E-state index in [-0.39, 0.29) is 19.1 Å². The molecule has 3 aromatic rings. The molecule has 0 N–H and O–H groups in total. The van der Waals surface area contributed by atoms with Gasteiger partial charge in [-0.25, -0.2) is 9.59 Å². The van der Waals surface area contributed by atoms with Crippen molar-refractivity contribution in [3.63, 3.8) is 0 Å². The normalized spacial score (nSPS) is 11.3. The highest BCUT2D eigenvalue weighted by atomic mass is 16.7. The van der Waals surface area contributed by atoms with E-state index in [1.165, 1.54) is 0 Å². The molecule has 0 aliphatic carbocycles. The van der Waals surface area contributed by atoms with E-state index in [0.29, 0.717) is 11.5 Å². The van der Waals surface area contributed by atoms with Crippen LogP contribution < -0.4 is 9.47 Å². The van der Waals surface area contributed by atoms with Crippen LogP contribution in [0.2, 0.25) is 0 Å². The molecule has 0 radical (unpaired) electrons. The van der Waals surface area contributed by atoms with Crippen LogP contribution in [0, 0.1) is 0 Å². The Morgan fingerprint density at radius 3 is 1.97 bits per heavy atom. The average Bonchev–Trinajstić information content (AvgIpc) is 2.80. The summed E-state index contributed by atoms with van der Waals surface area (Å²) in [5.74, 6) is 0.900. The van der Waals surface area contributed by atoms with Gasteiger partial charge in [0.2, 0.25) is 0 Å². The Hall–Kier alpha value is -3.80. The van der Waals surface area contributed by atoms with E-state index in [9.17, 15) is 9.59 Å². The van der Waals surface area contributed by atoms with Crippen molar-refractivity contribution in [2.45, 2.75) is 26.7 Å². The Bertz CT molecular complexity index is 1040. The number of hydrogen-bond acceptors (Lipinski definition) is 6. The zero-order chi connectivity index (χ0) is 22.9. The molecule has 3 aromatic carbocycles. The average molecular weight is 434 g/mol. The van der Waals surface area contributed by atoms with E-state index in [2.05, 4.69) is 6.92 Å². The quantitative estimate of drug-likeness (QED) is 0.309. The van der Waals surface area contributed by atoms with Crippen molar-refractivity contribution >= 4 is 12.3 Å². The van der Waals surface area contributed by atoms with Gasteiger partial charge in [0, 0.05) is 11.5 Å². The van der Waals surface area contributed by atoms with E-state index in [0.717, 1.165) is 22.3 Å². The van der Waals surface area contributed by atoms with Gasteiger partial charge in [-0.1, -0.05) is 55.5 Å². The Labute approximate surface area is 187 Å². The number of rotatable bonds is 7. The van der Waals surface area contributed by atoms with Crippen molar-refractivity contribution in [3.05, 3.63) is 83.9 Å². The lowest BCUT2D eigenvalue weighted by Gasteiger charge is -2.17. The third kappa shape index (κ3) is 5.88. The van der Waals surface area contributed by atoms with Crippen LogP contribution in [0.25, 0.3) is 11.1 Å². The molecule has 0 heterocycles. The van der Waals surface area contributed by atoms with Crippen molar-refractivity contribution in [2.75, 3.05) is 13.2 Å².